The molecule has 1 aromatic carbocycles. The number of likely N-dealkylation sites (tertiary alicyclic amines) is 1. The maximum Gasteiger partial charge on any atom is 0.274 e. The molecule has 1 atom stereocenters. The highest BCUT2D eigenvalue weighted by Crippen LogP contribution is 2.32. The van der Waals surface area contributed by atoms with Crippen LogP contribution in [0.5, 0.6) is 0 Å². The number of amides is 1. The van der Waals surface area contributed by atoms with Crippen LogP contribution in [0.1, 0.15) is 40.8 Å². The fourth-order valence-corrected chi connectivity index (χ4v) is 3.17. The minimum atomic E-state index is -0.0622. The van der Waals surface area contributed by atoms with Crippen molar-refractivity contribution in [2.45, 2.75) is 25.8 Å². The number of carbonyl (C=O) groups is 1. The minimum absolute atomic E-state index is 0.0307. The number of rotatable bonds is 3. The maximum atomic E-state index is 12.9. The molecule has 0 spiro atoms. The highest BCUT2D eigenvalue weighted by molar-refractivity contribution is 5.92. The molecule has 1 fully saturated rings. The Hall–Kier alpha value is -2.89. The molecule has 1 aliphatic heterocycles. The zero-order valence-corrected chi connectivity index (χ0v) is 13.4. The molecule has 0 saturated carbocycles. The summed E-state index contributed by atoms with van der Waals surface area (Å²) in [6.45, 7) is 2.58. The Bertz CT molecular complexity index is 853. The first-order valence-electron chi connectivity index (χ1n) is 8.07. The third-order valence-corrected chi connectivity index (χ3v) is 4.33. The van der Waals surface area contributed by atoms with Crippen molar-refractivity contribution in [3.05, 3.63) is 65.8 Å². The van der Waals surface area contributed by atoms with Gasteiger partial charge in [-0.3, -0.25) is 4.79 Å². The number of hydrogen-bond donors (Lipinski definition) is 0. The van der Waals surface area contributed by atoms with Gasteiger partial charge in [-0.25, -0.2) is 4.68 Å². The van der Waals surface area contributed by atoms with E-state index >= 15 is 0 Å². The van der Waals surface area contributed by atoms with E-state index in [9.17, 15) is 4.79 Å². The van der Waals surface area contributed by atoms with Crippen molar-refractivity contribution in [3.8, 4) is 5.69 Å². The van der Waals surface area contributed by atoms with Crippen LogP contribution in [0.25, 0.3) is 5.69 Å². The second kappa shape index (κ2) is 5.96. The van der Waals surface area contributed by atoms with E-state index < -0.39 is 0 Å². The van der Waals surface area contributed by atoms with Crippen LogP contribution in [-0.2, 0) is 0 Å². The predicted octanol–water partition coefficient (Wildman–Crippen LogP) is 3.15. The molecule has 6 nitrogen and oxygen atoms in total. The van der Waals surface area contributed by atoms with Crippen molar-refractivity contribution in [1.82, 2.24) is 19.8 Å². The molecule has 1 amide bonds. The van der Waals surface area contributed by atoms with Gasteiger partial charge in [0.15, 0.2) is 5.69 Å². The minimum Gasteiger partial charge on any atom is -0.361 e. The SMILES string of the molecule is Cc1cc(C2CCCN2C(=O)c2ccn(-c3ccccc3)n2)no1. The Kier molecular flexibility index (Phi) is 3.65. The van der Waals surface area contributed by atoms with Crippen LogP contribution < -0.4 is 0 Å². The number of aryl methyl sites for hydroxylation is 1. The zero-order valence-electron chi connectivity index (χ0n) is 13.4. The molecule has 1 unspecified atom stereocenters. The summed E-state index contributed by atoms with van der Waals surface area (Å²) >= 11 is 0. The van der Waals surface area contributed by atoms with Crippen molar-refractivity contribution in [2.75, 3.05) is 6.54 Å². The van der Waals surface area contributed by atoms with Crippen LogP contribution in [0.4, 0.5) is 0 Å². The van der Waals surface area contributed by atoms with E-state index in [4.69, 9.17) is 4.52 Å². The van der Waals surface area contributed by atoms with Crippen LogP contribution in [0.3, 0.4) is 0 Å². The third-order valence-electron chi connectivity index (χ3n) is 4.33. The van der Waals surface area contributed by atoms with Crippen LogP contribution in [-0.4, -0.2) is 32.3 Å². The van der Waals surface area contributed by atoms with Crippen molar-refractivity contribution in [2.24, 2.45) is 0 Å². The lowest BCUT2D eigenvalue weighted by Crippen LogP contribution is -2.31. The van der Waals surface area contributed by atoms with Crippen molar-refractivity contribution >= 4 is 5.91 Å². The molecule has 4 rings (SSSR count). The number of hydrogen-bond acceptors (Lipinski definition) is 4. The molecule has 6 heteroatoms. The monoisotopic (exact) mass is 322 g/mol. The largest absolute Gasteiger partial charge is 0.361 e. The lowest BCUT2D eigenvalue weighted by atomic mass is 10.1. The molecular formula is C18H18N4O2. The van der Waals surface area contributed by atoms with E-state index in [-0.39, 0.29) is 11.9 Å². The van der Waals surface area contributed by atoms with E-state index in [2.05, 4.69) is 10.3 Å². The van der Waals surface area contributed by atoms with Gasteiger partial charge in [-0.15, -0.1) is 0 Å². The molecule has 0 N–H and O–H groups in total. The molecule has 1 saturated heterocycles. The average Bonchev–Trinajstić information content (AvgIpc) is 3.35. The Morgan fingerprint density at radius 2 is 2.08 bits per heavy atom. The Morgan fingerprint density at radius 1 is 1.25 bits per heavy atom. The van der Waals surface area contributed by atoms with E-state index in [0.29, 0.717) is 12.2 Å². The van der Waals surface area contributed by atoms with Gasteiger partial charge in [0.05, 0.1) is 11.7 Å². The quantitative estimate of drug-likeness (QED) is 0.743. The molecule has 0 radical (unpaired) electrons. The molecule has 3 heterocycles. The number of carbonyl (C=O) groups excluding carboxylic acids is 1. The third kappa shape index (κ3) is 2.60. The summed E-state index contributed by atoms with van der Waals surface area (Å²) in [5.74, 6) is 0.700. The van der Waals surface area contributed by atoms with Gasteiger partial charge >= 0.3 is 0 Å². The molecule has 2 aromatic heterocycles. The second-order valence-corrected chi connectivity index (χ2v) is 6.00. The summed E-state index contributed by atoms with van der Waals surface area (Å²) in [5.41, 5.74) is 2.20. The Labute approximate surface area is 139 Å². The van der Waals surface area contributed by atoms with Gasteiger partial charge in [-0.1, -0.05) is 23.4 Å². The molecule has 1 aliphatic rings. The second-order valence-electron chi connectivity index (χ2n) is 6.00. The van der Waals surface area contributed by atoms with Gasteiger partial charge < -0.3 is 9.42 Å². The van der Waals surface area contributed by atoms with Gasteiger partial charge in [-0.2, -0.15) is 5.10 Å². The highest BCUT2D eigenvalue weighted by Gasteiger charge is 2.33. The summed E-state index contributed by atoms with van der Waals surface area (Å²) in [4.78, 5) is 14.7. The summed E-state index contributed by atoms with van der Waals surface area (Å²) < 4.78 is 6.89. The molecule has 0 aliphatic carbocycles. The summed E-state index contributed by atoms with van der Waals surface area (Å²) in [6.07, 6.45) is 3.67. The standard InChI is InChI=1S/C18H18N4O2/c1-13-12-16(20-24-13)17-8-5-10-21(17)18(23)15-9-11-22(19-15)14-6-3-2-4-7-14/h2-4,6-7,9,11-12,17H,5,8,10H2,1H3. The zero-order chi connectivity index (χ0) is 16.5. The van der Waals surface area contributed by atoms with E-state index in [0.717, 1.165) is 30.0 Å². The van der Waals surface area contributed by atoms with E-state index in [1.165, 1.54) is 0 Å². The normalized spacial score (nSPS) is 17.4. The van der Waals surface area contributed by atoms with Crippen molar-refractivity contribution in [3.63, 3.8) is 0 Å². The van der Waals surface area contributed by atoms with E-state index in [1.807, 2.05) is 54.4 Å². The maximum absolute atomic E-state index is 12.9. The molecule has 122 valence electrons. The van der Waals surface area contributed by atoms with Gasteiger partial charge in [0.25, 0.3) is 5.91 Å². The molecular weight excluding hydrogens is 304 g/mol. The smallest absolute Gasteiger partial charge is 0.274 e. The first-order valence-corrected chi connectivity index (χ1v) is 8.07. The first-order chi connectivity index (χ1) is 11.7. The lowest BCUT2D eigenvalue weighted by molar-refractivity contribution is 0.0724. The number of benzene rings is 1. The van der Waals surface area contributed by atoms with Gasteiger partial charge in [0, 0.05) is 18.8 Å². The topological polar surface area (TPSA) is 64.2 Å². The van der Waals surface area contributed by atoms with Crippen LogP contribution in [0, 0.1) is 6.92 Å². The molecule has 3 aromatic rings. The highest BCUT2D eigenvalue weighted by atomic mass is 16.5. The summed E-state index contributed by atoms with van der Waals surface area (Å²) in [5, 5.41) is 8.52. The fraction of sp³-hybridized carbons (Fsp3) is 0.278. The van der Waals surface area contributed by atoms with Gasteiger partial charge in [-0.05, 0) is 38.0 Å². The predicted molar refractivity (Wildman–Crippen MR) is 87.8 cm³/mol. The average molecular weight is 322 g/mol. The van der Waals surface area contributed by atoms with Crippen molar-refractivity contribution in [1.29, 1.82) is 0 Å². The summed E-state index contributed by atoms with van der Waals surface area (Å²) in [7, 11) is 0. The lowest BCUT2D eigenvalue weighted by Gasteiger charge is -2.21. The molecule has 24 heavy (non-hydrogen) atoms. The Balaban J connectivity index is 1.58. The number of nitrogens with zero attached hydrogens (tertiary/aromatic N) is 4. The van der Waals surface area contributed by atoms with Gasteiger partial charge in [0.1, 0.15) is 11.5 Å². The first kappa shape index (κ1) is 14.7. The van der Waals surface area contributed by atoms with Crippen LogP contribution >= 0.6 is 0 Å². The molecule has 0 bridgehead atoms. The summed E-state index contributed by atoms with van der Waals surface area (Å²) in [6, 6.07) is 13.4. The fourth-order valence-electron chi connectivity index (χ4n) is 3.17. The number of aromatic nitrogens is 3. The Morgan fingerprint density at radius 3 is 2.83 bits per heavy atom. The van der Waals surface area contributed by atoms with Crippen LogP contribution in [0.2, 0.25) is 0 Å². The van der Waals surface area contributed by atoms with Crippen molar-refractivity contribution < 1.29 is 9.32 Å². The number of para-hydroxylation sites is 1. The van der Waals surface area contributed by atoms with E-state index in [1.54, 1.807) is 10.7 Å². The van der Waals surface area contributed by atoms with Gasteiger partial charge in [0.2, 0.25) is 0 Å². The van der Waals surface area contributed by atoms with Crippen LogP contribution in [0.15, 0.2) is 53.2 Å².